The Kier molecular flexibility index (Phi) is 2.45. The van der Waals surface area contributed by atoms with Gasteiger partial charge in [-0.1, -0.05) is 24.3 Å². The van der Waals surface area contributed by atoms with Crippen LogP contribution in [0.4, 0.5) is 0 Å². The van der Waals surface area contributed by atoms with Gasteiger partial charge < -0.3 is 4.55 Å². The topological polar surface area (TPSA) is 69.2 Å². The highest BCUT2D eigenvalue weighted by Crippen LogP contribution is 2.21. The van der Waals surface area contributed by atoms with Crippen LogP contribution in [0.1, 0.15) is 15.9 Å². The van der Waals surface area contributed by atoms with Crippen LogP contribution in [-0.4, -0.2) is 20.6 Å². The summed E-state index contributed by atoms with van der Waals surface area (Å²) in [5, 5.41) is 0. The van der Waals surface area contributed by atoms with Crippen molar-refractivity contribution in [3.05, 3.63) is 35.4 Å². The number of hydrogen-bond donors (Lipinski definition) is 1. The van der Waals surface area contributed by atoms with E-state index in [1.54, 1.807) is 12.1 Å². The lowest BCUT2D eigenvalue weighted by Gasteiger charge is -2.11. The minimum atomic E-state index is -2.39. The molecule has 0 amide bonds. The molecule has 2 unspecified atom stereocenters. The van der Waals surface area contributed by atoms with E-state index in [2.05, 4.69) is 4.72 Å². The summed E-state index contributed by atoms with van der Waals surface area (Å²) in [6.45, 7) is 0. The van der Waals surface area contributed by atoms with Crippen LogP contribution in [0.25, 0.3) is 0 Å². The van der Waals surface area contributed by atoms with Crippen molar-refractivity contribution in [3.8, 4) is 0 Å². The third-order valence-corrected chi connectivity index (χ3v) is 2.74. The SMILES string of the molecule is O=C1c2ccccc2CC1NS(=O)[O-]. The molecule has 0 bridgehead atoms. The van der Waals surface area contributed by atoms with Crippen molar-refractivity contribution in [1.82, 2.24) is 4.72 Å². The minimum absolute atomic E-state index is 0.148. The van der Waals surface area contributed by atoms with E-state index in [1.165, 1.54) is 0 Å². The van der Waals surface area contributed by atoms with Gasteiger partial charge in [0.2, 0.25) is 0 Å². The maximum absolute atomic E-state index is 11.6. The lowest BCUT2D eigenvalue weighted by Crippen LogP contribution is -2.35. The number of carbonyl (C=O) groups excluding carboxylic acids is 1. The predicted molar refractivity (Wildman–Crippen MR) is 50.3 cm³/mol. The monoisotopic (exact) mass is 210 g/mol. The van der Waals surface area contributed by atoms with Gasteiger partial charge in [-0.05, 0) is 12.0 Å². The van der Waals surface area contributed by atoms with Crippen molar-refractivity contribution in [2.24, 2.45) is 0 Å². The molecule has 5 heteroatoms. The van der Waals surface area contributed by atoms with E-state index in [-0.39, 0.29) is 5.78 Å². The van der Waals surface area contributed by atoms with Gasteiger partial charge in [0, 0.05) is 16.8 Å². The Bertz CT molecular complexity index is 405. The molecule has 74 valence electrons. The maximum Gasteiger partial charge on any atom is 0.181 e. The van der Waals surface area contributed by atoms with Crippen molar-refractivity contribution >= 4 is 17.0 Å². The summed E-state index contributed by atoms with van der Waals surface area (Å²) in [6, 6.07) is 6.54. The molecule has 1 aliphatic carbocycles. The first kappa shape index (κ1) is 9.51. The Morgan fingerprint density at radius 1 is 1.43 bits per heavy atom. The molecule has 1 N–H and O–H groups in total. The van der Waals surface area contributed by atoms with Crippen molar-refractivity contribution < 1.29 is 13.6 Å². The quantitative estimate of drug-likeness (QED) is 0.708. The maximum atomic E-state index is 11.6. The van der Waals surface area contributed by atoms with E-state index in [0.717, 1.165) is 5.56 Å². The van der Waals surface area contributed by atoms with Crippen LogP contribution in [-0.2, 0) is 17.7 Å². The molecule has 2 rings (SSSR count). The lowest BCUT2D eigenvalue weighted by atomic mass is 10.1. The molecule has 0 aliphatic heterocycles. The van der Waals surface area contributed by atoms with Crippen LogP contribution >= 0.6 is 0 Å². The molecule has 1 aromatic rings. The van der Waals surface area contributed by atoms with Crippen LogP contribution in [0, 0.1) is 0 Å². The first-order valence-corrected chi connectivity index (χ1v) is 5.23. The molecule has 0 fully saturated rings. The average molecular weight is 210 g/mol. The summed E-state index contributed by atoms with van der Waals surface area (Å²) in [5.74, 6) is -0.148. The van der Waals surface area contributed by atoms with E-state index >= 15 is 0 Å². The van der Waals surface area contributed by atoms with Crippen LogP contribution in [0.3, 0.4) is 0 Å². The minimum Gasteiger partial charge on any atom is -0.760 e. The van der Waals surface area contributed by atoms with Crippen molar-refractivity contribution in [1.29, 1.82) is 0 Å². The summed E-state index contributed by atoms with van der Waals surface area (Å²) in [4.78, 5) is 11.6. The number of carbonyl (C=O) groups is 1. The van der Waals surface area contributed by atoms with E-state index in [9.17, 15) is 13.6 Å². The largest absolute Gasteiger partial charge is 0.760 e. The molecule has 1 aromatic carbocycles. The summed E-state index contributed by atoms with van der Waals surface area (Å²) in [5.41, 5.74) is 1.52. The van der Waals surface area contributed by atoms with Gasteiger partial charge in [0.05, 0.1) is 6.04 Å². The zero-order chi connectivity index (χ0) is 10.1. The molecular weight excluding hydrogens is 202 g/mol. The smallest absolute Gasteiger partial charge is 0.181 e. The Labute approximate surface area is 83.7 Å². The van der Waals surface area contributed by atoms with Crippen molar-refractivity contribution in [2.45, 2.75) is 12.5 Å². The van der Waals surface area contributed by atoms with E-state index in [1.807, 2.05) is 12.1 Å². The highest BCUT2D eigenvalue weighted by Gasteiger charge is 2.29. The Morgan fingerprint density at radius 2 is 2.14 bits per heavy atom. The average Bonchev–Trinajstić information content (AvgIpc) is 2.44. The summed E-state index contributed by atoms with van der Waals surface area (Å²) in [6.07, 6.45) is 0.447. The first-order chi connectivity index (χ1) is 6.68. The zero-order valence-corrected chi connectivity index (χ0v) is 8.04. The molecule has 0 saturated heterocycles. The summed E-state index contributed by atoms with van der Waals surface area (Å²) >= 11 is -2.39. The molecule has 0 saturated carbocycles. The van der Waals surface area contributed by atoms with E-state index in [0.29, 0.717) is 12.0 Å². The predicted octanol–water partition coefficient (Wildman–Crippen LogP) is 0.178. The molecule has 0 spiro atoms. The number of ketones is 1. The number of rotatable bonds is 2. The molecule has 0 radical (unpaired) electrons. The third kappa shape index (κ3) is 1.61. The second-order valence-electron chi connectivity index (χ2n) is 3.13. The van der Waals surface area contributed by atoms with Gasteiger partial charge in [-0.25, -0.2) is 4.72 Å². The van der Waals surface area contributed by atoms with Gasteiger partial charge in [-0.2, -0.15) is 0 Å². The fourth-order valence-electron chi connectivity index (χ4n) is 1.65. The molecule has 2 atom stereocenters. The van der Waals surface area contributed by atoms with E-state index in [4.69, 9.17) is 0 Å². The van der Waals surface area contributed by atoms with Gasteiger partial charge >= 0.3 is 0 Å². The third-order valence-electron chi connectivity index (χ3n) is 2.26. The molecule has 1 aliphatic rings. The van der Waals surface area contributed by atoms with Gasteiger partial charge in [0.25, 0.3) is 0 Å². The molecule has 4 nitrogen and oxygen atoms in total. The van der Waals surface area contributed by atoms with Gasteiger partial charge in [0.15, 0.2) is 5.78 Å². The number of Topliss-reactive ketones (excluding diaryl/α,β-unsaturated/α-hetero) is 1. The second kappa shape index (κ2) is 3.61. The Hall–Kier alpha value is -1.04. The normalized spacial score (nSPS) is 22.1. The van der Waals surface area contributed by atoms with Gasteiger partial charge in [-0.3, -0.25) is 9.00 Å². The fraction of sp³-hybridized carbons (Fsp3) is 0.222. The van der Waals surface area contributed by atoms with Crippen LogP contribution in [0.15, 0.2) is 24.3 Å². The van der Waals surface area contributed by atoms with Crippen LogP contribution in [0.2, 0.25) is 0 Å². The number of benzene rings is 1. The van der Waals surface area contributed by atoms with Crippen LogP contribution < -0.4 is 4.72 Å². The molecule has 14 heavy (non-hydrogen) atoms. The molecule has 0 heterocycles. The Morgan fingerprint density at radius 3 is 2.79 bits per heavy atom. The number of nitrogens with one attached hydrogen (secondary N) is 1. The summed E-state index contributed by atoms with van der Waals surface area (Å²) < 4.78 is 23.0. The number of hydrogen-bond acceptors (Lipinski definition) is 3. The van der Waals surface area contributed by atoms with Crippen molar-refractivity contribution in [2.75, 3.05) is 0 Å². The second-order valence-corrected chi connectivity index (χ2v) is 3.84. The standard InChI is InChI=1S/C9H9NO3S/c11-9-7-4-2-1-3-6(7)5-8(9)10-14(12)13/h1-4,8,10H,5H2,(H,12,13)/p-1. The zero-order valence-electron chi connectivity index (χ0n) is 7.23. The molecular formula is C9H8NO3S-. The molecule has 0 aromatic heterocycles. The van der Waals surface area contributed by atoms with Gasteiger partial charge in [-0.15, -0.1) is 0 Å². The highest BCUT2D eigenvalue weighted by atomic mass is 32.2. The van der Waals surface area contributed by atoms with Crippen molar-refractivity contribution in [3.63, 3.8) is 0 Å². The Balaban J connectivity index is 2.26. The fourth-order valence-corrected chi connectivity index (χ4v) is 2.07. The highest BCUT2D eigenvalue weighted by molar-refractivity contribution is 7.77. The van der Waals surface area contributed by atoms with E-state index < -0.39 is 17.3 Å². The number of fused-ring (bicyclic) bond motifs is 1. The summed E-state index contributed by atoms with van der Waals surface area (Å²) in [7, 11) is 0. The first-order valence-electron chi connectivity index (χ1n) is 4.16. The van der Waals surface area contributed by atoms with Crippen LogP contribution in [0.5, 0.6) is 0 Å². The van der Waals surface area contributed by atoms with Gasteiger partial charge in [0.1, 0.15) is 0 Å². The lowest BCUT2D eigenvalue weighted by molar-refractivity contribution is 0.0967.